The monoisotopic (exact) mass is 299 g/mol. The first-order chi connectivity index (χ1) is 9.49. The van der Waals surface area contributed by atoms with Crippen molar-refractivity contribution in [3.8, 4) is 5.75 Å². The van der Waals surface area contributed by atoms with Gasteiger partial charge in [-0.05, 0) is 45.5 Å². The quantitative estimate of drug-likeness (QED) is 0.785. The highest BCUT2D eigenvalue weighted by Gasteiger charge is 2.19. The van der Waals surface area contributed by atoms with E-state index in [2.05, 4.69) is 5.32 Å². The zero-order valence-electron chi connectivity index (χ0n) is 12.4. The Balaban J connectivity index is 2.91. The molecule has 0 fully saturated rings. The maximum atomic E-state index is 11.6. The van der Waals surface area contributed by atoms with Crippen LogP contribution in [0.15, 0.2) is 18.2 Å². The van der Waals surface area contributed by atoms with Gasteiger partial charge in [0.05, 0.1) is 6.61 Å². The molecule has 2 atom stereocenters. The molecule has 2 unspecified atom stereocenters. The summed E-state index contributed by atoms with van der Waals surface area (Å²) < 4.78 is 10.7. The number of nitrogens with one attached hydrogen (secondary N) is 1. The molecule has 0 bridgehead atoms. The first kappa shape index (κ1) is 16.8. The normalized spacial score (nSPS) is 13.7. The number of hydrogen-bond donors (Lipinski definition) is 1. The van der Waals surface area contributed by atoms with Crippen LogP contribution in [0.1, 0.15) is 39.3 Å². The van der Waals surface area contributed by atoms with Crippen LogP contribution < -0.4 is 10.1 Å². The van der Waals surface area contributed by atoms with Gasteiger partial charge in [0.1, 0.15) is 5.75 Å². The van der Waals surface area contributed by atoms with E-state index in [0.717, 1.165) is 12.1 Å². The lowest BCUT2D eigenvalue weighted by Gasteiger charge is -2.20. The van der Waals surface area contributed by atoms with Crippen LogP contribution in [-0.2, 0) is 9.53 Å². The standard InChI is InChI=1S/C15H22ClNO3/c1-5-17-10(3)13-9-12(16)7-8-14(13)20-11(4)15(18)19-6-2/h7-11,17H,5-6H2,1-4H3. The number of esters is 1. The number of halogens is 1. The molecule has 0 aliphatic heterocycles. The van der Waals surface area contributed by atoms with Crippen LogP contribution in [0, 0.1) is 0 Å². The molecule has 0 saturated heterocycles. The third-order valence-corrected chi connectivity index (χ3v) is 3.11. The summed E-state index contributed by atoms with van der Waals surface area (Å²) in [6, 6.07) is 5.46. The van der Waals surface area contributed by atoms with Crippen LogP contribution in [0.25, 0.3) is 0 Å². The van der Waals surface area contributed by atoms with Gasteiger partial charge in [-0.25, -0.2) is 4.79 Å². The molecule has 0 spiro atoms. The molecule has 1 N–H and O–H groups in total. The van der Waals surface area contributed by atoms with Crippen molar-refractivity contribution in [1.29, 1.82) is 0 Å². The van der Waals surface area contributed by atoms with Gasteiger partial charge in [0, 0.05) is 16.6 Å². The van der Waals surface area contributed by atoms with Crippen molar-refractivity contribution >= 4 is 17.6 Å². The number of hydrogen-bond acceptors (Lipinski definition) is 4. The Bertz CT molecular complexity index is 451. The van der Waals surface area contributed by atoms with Gasteiger partial charge in [-0.15, -0.1) is 0 Å². The van der Waals surface area contributed by atoms with Crippen molar-refractivity contribution in [2.75, 3.05) is 13.2 Å². The summed E-state index contributed by atoms with van der Waals surface area (Å²) in [5.74, 6) is 0.271. The van der Waals surface area contributed by atoms with Gasteiger partial charge in [0.2, 0.25) is 0 Å². The Morgan fingerprint density at radius 1 is 1.35 bits per heavy atom. The fraction of sp³-hybridized carbons (Fsp3) is 0.533. The van der Waals surface area contributed by atoms with E-state index in [-0.39, 0.29) is 12.0 Å². The minimum absolute atomic E-state index is 0.0862. The number of rotatable bonds is 7. The Labute approximate surface area is 125 Å². The summed E-state index contributed by atoms with van der Waals surface area (Å²) in [6.07, 6.45) is -0.649. The van der Waals surface area contributed by atoms with E-state index in [0.29, 0.717) is 17.4 Å². The van der Waals surface area contributed by atoms with Crippen molar-refractivity contribution in [3.05, 3.63) is 28.8 Å². The predicted molar refractivity (Wildman–Crippen MR) is 80.3 cm³/mol. The van der Waals surface area contributed by atoms with Gasteiger partial charge in [-0.1, -0.05) is 18.5 Å². The van der Waals surface area contributed by atoms with E-state index in [9.17, 15) is 4.79 Å². The van der Waals surface area contributed by atoms with E-state index >= 15 is 0 Å². The third kappa shape index (κ3) is 4.69. The Morgan fingerprint density at radius 3 is 2.65 bits per heavy atom. The lowest BCUT2D eigenvalue weighted by Crippen LogP contribution is -2.27. The molecular formula is C15H22ClNO3. The highest BCUT2D eigenvalue weighted by Crippen LogP contribution is 2.29. The van der Waals surface area contributed by atoms with Gasteiger partial charge in [0.25, 0.3) is 0 Å². The summed E-state index contributed by atoms with van der Waals surface area (Å²) in [5.41, 5.74) is 0.926. The van der Waals surface area contributed by atoms with Crippen LogP contribution in [0.3, 0.4) is 0 Å². The lowest BCUT2D eigenvalue weighted by atomic mass is 10.1. The number of carbonyl (C=O) groups excluding carboxylic acids is 1. The molecule has 20 heavy (non-hydrogen) atoms. The minimum Gasteiger partial charge on any atom is -0.479 e. The Kier molecular flexibility index (Phi) is 6.82. The zero-order chi connectivity index (χ0) is 15.1. The fourth-order valence-electron chi connectivity index (χ4n) is 1.88. The van der Waals surface area contributed by atoms with Crippen molar-refractivity contribution in [3.63, 3.8) is 0 Å². The van der Waals surface area contributed by atoms with E-state index in [1.54, 1.807) is 26.0 Å². The van der Waals surface area contributed by atoms with Gasteiger partial charge in [-0.2, -0.15) is 0 Å². The number of benzene rings is 1. The highest BCUT2D eigenvalue weighted by atomic mass is 35.5. The van der Waals surface area contributed by atoms with E-state index < -0.39 is 6.10 Å². The van der Waals surface area contributed by atoms with Crippen LogP contribution >= 0.6 is 11.6 Å². The third-order valence-electron chi connectivity index (χ3n) is 2.87. The molecule has 5 heteroatoms. The second-order valence-corrected chi connectivity index (χ2v) is 4.91. The first-order valence-corrected chi connectivity index (χ1v) is 7.23. The molecule has 0 aliphatic carbocycles. The fourth-order valence-corrected chi connectivity index (χ4v) is 2.06. The van der Waals surface area contributed by atoms with E-state index in [1.807, 2.05) is 19.9 Å². The molecule has 1 aromatic carbocycles. The summed E-state index contributed by atoms with van der Waals surface area (Å²) in [6.45, 7) is 8.67. The maximum Gasteiger partial charge on any atom is 0.347 e. The summed E-state index contributed by atoms with van der Waals surface area (Å²) in [7, 11) is 0. The molecule has 4 nitrogen and oxygen atoms in total. The predicted octanol–water partition coefficient (Wildman–Crippen LogP) is 3.34. The van der Waals surface area contributed by atoms with Crippen LogP contribution in [0.4, 0.5) is 0 Å². The number of carbonyl (C=O) groups is 1. The summed E-state index contributed by atoms with van der Waals surface area (Å²) in [4.78, 5) is 11.6. The highest BCUT2D eigenvalue weighted by molar-refractivity contribution is 6.30. The first-order valence-electron chi connectivity index (χ1n) is 6.85. The van der Waals surface area contributed by atoms with Crippen LogP contribution in [-0.4, -0.2) is 25.2 Å². The average Bonchev–Trinajstić information content (AvgIpc) is 2.41. The molecular weight excluding hydrogens is 278 g/mol. The summed E-state index contributed by atoms with van der Waals surface area (Å²) >= 11 is 6.03. The van der Waals surface area contributed by atoms with Gasteiger partial charge >= 0.3 is 5.97 Å². The zero-order valence-corrected chi connectivity index (χ0v) is 13.2. The van der Waals surface area contributed by atoms with Crippen molar-refractivity contribution in [1.82, 2.24) is 5.32 Å². The SMILES string of the molecule is CCNC(C)c1cc(Cl)ccc1OC(C)C(=O)OCC. The van der Waals surface area contributed by atoms with Crippen molar-refractivity contribution < 1.29 is 14.3 Å². The van der Waals surface area contributed by atoms with E-state index in [4.69, 9.17) is 21.1 Å². The van der Waals surface area contributed by atoms with Gasteiger partial charge in [-0.3, -0.25) is 0 Å². The molecule has 112 valence electrons. The van der Waals surface area contributed by atoms with E-state index in [1.165, 1.54) is 0 Å². The largest absolute Gasteiger partial charge is 0.479 e. The molecule has 0 radical (unpaired) electrons. The Morgan fingerprint density at radius 2 is 2.05 bits per heavy atom. The number of ether oxygens (including phenoxy) is 2. The molecule has 0 amide bonds. The molecule has 0 saturated carbocycles. The van der Waals surface area contributed by atoms with Gasteiger partial charge in [0.15, 0.2) is 6.10 Å². The molecule has 1 rings (SSSR count). The lowest BCUT2D eigenvalue weighted by molar-refractivity contribution is -0.150. The van der Waals surface area contributed by atoms with Gasteiger partial charge < -0.3 is 14.8 Å². The molecule has 0 aromatic heterocycles. The smallest absolute Gasteiger partial charge is 0.347 e. The van der Waals surface area contributed by atoms with Crippen molar-refractivity contribution in [2.24, 2.45) is 0 Å². The Hall–Kier alpha value is -1.26. The molecule has 1 aromatic rings. The average molecular weight is 300 g/mol. The molecule has 0 heterocycles. The van der Waals surface area contributed by atoms with Crippen molar-refractivity contribution in [2.45, 2.75) is 39.8 Å². The summed E-state index contributed by atoms with van der Waals surface area (Å²) in [5, 5.41) is 3.94. The minimum atomic E-state index is -0.649. The maximum absolute atomic E-state index is 11.6. The second kappa shape index (κ2) is 8.12. The topological polar surface area (TPSA) is 47.6 Å². The molecule has 0 aliphatic rings. The second-order valence-electron chi connectivity index (χ2n) is 4.47. The van der Waals surface area contributed by atoms with Crippen LogP contribution in [0.5, 0.6) is 5.75 Å². The van der Waals surface area contributed by atoms with Crippen LogP contribution in [0.2, 0.25) is 5.02 Å².